The number of carboxylic acid groups (broad SMARTS) is 1. The van der Waals surface area contributed by atoms with Gasteiger partial charge in [-0.1, -0.05) is 13.0 Å². The van der Waals surface area contributed by atoms with E-state index in [1.165, 1.54) is 12.1 Å². The Morgan fingerprint density at radius 2 is 2.19 bits per heavy atom. The van der Waals surface area contributed by atoms with E-state index in [0.717, 1.165) is 17.7 Å². The van der Waals surface area contributed by atoms with Gasteiger partial charge < -0.3 is 10.4 Å². The minimum Gasteiger partial charge on any atom is -0.478 e. The second-order valence-corrected chi connectivity index (χ2v) is 5.20. The first-order valence-electron chi connectivity index (χ1n) is 6.42. The van der Waals surface area contributed by atoms with Crippen LogP contribution in [0, 0.1) is 5.82 Å². The van der Waals surface area contributed by atoms with Gasteiger partial charge in [0.15, 0.2) is 5.82 Å². The monoisotopic (exact) mass is 352 g/mol. The summed E-state index contributed by atoms with van der Waals surface area (Å²) >= 11 is 2.97. The molecular formula is C15H14BrFN2O2. The van der Waals surface area contributed by atoms with Crippen molar-refractivity contribution in [2.45, 2.75) is 19.9 Å². The van der Waals surface area contributed by atoms with E-state index in [-0.39, 0.29) is 15.7 Å². The first kappa shape index (κ1) is 15.4. The number of carboxylic acids is 1. The van der Waals surface area contributed by atoms with E-state index >= 15 is 0 Å². The molecule has 0 saturated heterocycles. The minimum absolute atomic E-state index is 0.0586. The van der Waals surface area contributed by atoms with Crippen LogP contribution in [0.2, 0.25) is 0 Å². The Balaban J connectivity index is 2.21. The van der Waals surface area contributed by atoms with Crippen LogP contribution in [0.4, 0.5) is 10.1 Å². The Kier molecular flexibility index (Phi) is 4.90. The Morgan fingerprint density at radius 1 is 1.43 bits per heavy atom. The van der Waals surface area contributed by atoms with Gasteiger partial charge in [-0.2, -0.15) is 0 Å². The van der Waals surface area contributed by atoms with Crippen molar-refractivity contribution in [2.75, 3.05) is 5.32 Å². The zero-order chi connectivity index (χ0) is 15.4. The van der Waals surface area contributed by atoms with Crippen molar-refractivity contribution in [3.63, 3.8) is 0 Å². The maximum atomic E-state index is 14.1. The molecule has 0 fully saturated rings. The second-order valence-electron chi connectivity index (χ2n) is 4.41. The number of aryl methyl sites for hydroxylation is 1. The first-order chi connectivity index (χ1) is 10.0. The summed E-state index contributed by atoms with van der Waals surface area (Å²) in [5.74, 6) is -1.80. The third-order valence-corrected chi connectivity index (χ3v) is 3.90. The average molecular weight is 353 g/mol. The number of nitrogens with one attached hydrogen (secondary N) is 1. The average Bonchev–Trinajstić information content (AvgIpc) is 2.48. The number of pyridine rings is 1. The van der Waals surface area contributed by atoms with Crippen LogP contribution in [-0.4, -0.2) is 16.1 Å². The topological polar surface area (TPSA) is 62.2 Å². The second kappa shape index (κ2) is 6.67. The van der Waals surface area contributed by atoms with Crippen molar-refractivity contribution < 1.29 is 14.3 Å². The molecule has 21 heavy (non-hydrogen) atoms. The summed E-state index contributed by atoms with van der Waals surface area (Å²) in [6, 6.07) is 6.61. The lowest BCUT2D eigenvalue weighted by Gasteiger charge is -2.11. The summed E-state index contributed by atoms with van der Waals surface area (Å²) in [5.41, 5.74) is 2.06. The Hall–Kier alpha value is -1.95. The molecule has 1 aromatic heterocycles. The van der Waals surface area contributed by atoms with Crippen LogP contribution in [0.1, 0.15) is 28.5 Å². The number of hydrogen-bond donors (Lipinski definition) is 2. The molecule has 110 valence electrons. The van der Waals surface area contributed by atoms with Crippen molar-refractivity contribution in [3.05, 3.63) is 57.6 Å². The number of benzene rings is 1. The lowest BCUT2D eigenvalue weighted by molar-refractivity contribution is 0.0695. The largest absolute Gasteiger partial charge is 0.478 e. The van der Waals surface area contributed by atoms with Gasteiger partial charge in [0, 0.05) is 6.20 Å². The van der Waals surface area contributed by atoms with Crippen LogP contribution in [0.5, 0.6) is 0 Å². The molecule has 0 bridgehead atoms. The third kappa shape index (κ3) is 3.39. The molecule has 1 aromatic carbocycles. The van der Waals surface area contributed by atoms with E-state index in [2.05, 4.69) is 26.2 Å². The molecule has 2 rings (SSSR count). The van der Waals surface area contributed by atoms with Crippen LogP contribution in [0.25, 0.3) is 0 Å². The van der Waals surface area contributed by atoms with E-state index in [4.69, 9.17) is 5.11 Å². The smallest absolute Gasteiger partial charge is 0.336 e. The number of aromatic carboxylic acids is 1. The van der Waals surface area contributed by atoms with Crippen molar-refractivity contribution in [2.24, 2.45) is 0 Å². The van der Waals surface area contributed by atoms with Crippen LogP contribution in [0.15, 0.2) is 34.9 Å². The molecule has 2 aromatic rings. The molecular weight excluding hydrogens is 339 g/mol. The summed E-state index contributed by atoms with van der Waals surface area (Å²) < 4.78 is 14.1. The van der Waals surface area contributed by atoms with Crippen LogP contribution < -0.4 is 5.32 Å². The number of halogens is 2. The normalized spacial score (nSPS) is 10.4. The minimum atomic E-state index is -1.18. The molecule has 0 aliphatic rings. The third-order valence-electron chi connectivity index (χ3n) is 3.12. The van der Waals surface area contributed by atoms with Gasteiger partial charge in [0.25, 0.3) is 0 Å². The number of aromatic nitrogens is 1. The SMILES string of the molecule is CCc1cccnc1CNc1ccc(C(=O)O)c(Br)c1F. The molecule has 0 amide bonds. The van der Waals surface area contributed by atoms with Gasteiger partial charge in [-0.3, -0.25) is 4.98 Å². The fraction of sp³-hybridized carbons (Fsp3) is 0.200. The molecule has 0 spiro atoms. The van der Waals surface area contributed by atoms with Crippen molar-refractivity contribution in [1.82, 2.24) is 4.98 Å². The number of carbonyl (C=O) groups is 1. The molecule has 1 heterocycles. The highest BCUT2D eigenvalue weighted by Gasteiger charge is 2.15. The maximum absolute atomic E-state index is 14.1. The maximum Gasteiger partial charge on any atom is 0.336 e. The molecule has 0 aliphatic carbocycles. The fourth-order valence-electron chi connectivity index (χ4n) is 1.98. The zero-order valence-electron chi connectivity index (χ0n) is 11.4. The molecule has 0 saturated carbocycles. The quantitative estimate of drug-likeness (QED) is 0.857. The van der Waals surface area contributed by atoms with Crippen molar-refractivity contribution in [1.29, 1.82) is 0 Å². The van der Waals surface area contributed by atoms with Gasteiger partial charge in [-0.15, -0.1) is 0 Å². The van der Waals surface area contributed by atoms with E-state index < -0.39 is 11.8 Å². The Bertz CT molecular complexity index is 677. The molecule has 0 radical (unpaired) electrons. The van der Waals surface area contributed by atoms with Gasteiger partial charge in [-0.25, -0.2) is 9.18 Å². The van der Waals surface area contributed by atoms with Crippen LogP contribution in [-0.2, 0) is 13.0 Å². The summed E-state index contributed by atoms with van der Waals surface area (Å²) in [6.07, 6.45) is 2.53. The molecule has 0 aliphatic heterocycles. The Labute approximate surface area is 130 Å². The highest BCUT2D eigenvalue weighted by Crippen LogP contribution is 2.27. The van der Waals surface area contributed by atoms with Gasteiger partial charge in [-0.05, 0) is 46.1 Å². The van der Waals surface area contributed by atoms with Crippen LogP contribution in [0.3, 0.4) is 0 Å². The standard InChI is InChI=1S/C15H14BrFN2O2/c1-2-9-4-3-7-18-12(9)8-19-11-6-5-10(15(20)21)13(16)14(11)17/h3-7,19H,2,8H2,1H3,(H,20,21). The number of nitrogens with zero attached hydrogens (tertiary/aromatic N) is 1. The molecule has 6 heteroatoms. The van der Waals surface area contributed by atoms with E-state index in [1.54, 1.807) is 6.20 Å². The molecule has 0 unspecified atom stereocenters. The number of hydrogen-bond acceptors (Lipinski definition) is 3. The van der Waals surface area contributed by atoms with E-state index in [0.29, 0.717) is 6.54 Å². The van der Waals surface area contributed by atoms with Crippen molar-refractivity contribution in [3.8, 4) is 0 Å². The van der Waals surface area contributed by atoms with Crippen molar-refractivity contribution >= 4 is 27.6 Å². The molecule has 0 atom stereocenters. The van der Waals surface area contributed by atoms with Gasteiger partial charge in [0.1, 0.15) is 0 Å². The van der Waals surface area contributed by atoms with E-state index in [9.17, 15) is 9.18 Å². The van der Waals surface area contributed by atoms with Crippen LogP contribution >= 0.6 is 15.9 Å². The summed E-state index contributed by atoms with van der Waals surface area (Å²) in [5, 5.41) is 11.9. The highest BCUT2D eigenvalue weighted by molar-refractivity contribution is 9.10. The Morgan fingerprint density at radius 3 is 2.86 bits per heavy atom. The lowest BCUT2D eigenvalue weighted by atomic mass is 10.1. The van der Waals surface area contributed by atoms with Gasteiger partial charge in [0.2, 0.25) is 0 Å². The fourth-order valence-corrected chi connectivity index (χ4v) is 2.50. The van der Waals surface area contributed by atoms with E-state index in [1.807, 2.05) is 19.1 Å². The first-order valence-corrected chi connectivity index (χ1v) is 7.21. The number of rotatable bonds is 5. The summed E-state index contributed by atoms with van der Waals surface area (Å²) in [7, 11) is 0. The summed E-state index contributed by atoms with van der Waals surface area (Å²) in [6.45, 7) is 2.40. The zero-order valence-corrected chi connectivity index (χ0v) is 12.9. The molecule has 4 nitrogen and oxygen atoms in total. The predicted molar refractivity (Wildman–Crippen MR) is 82.0 cm³/mol. The predicted octanol–water partition coefficient (Wildman–Crippen LogP) is 3.86. The van der Waals surface area contributed by atoms with Gasteiger partial charge in [0.05, 0.1) is 28.0 Å². The lowest BCUT2D eigenvalue weighted by Crippen LogP contribution is -2.08. The molecule has 2 N–H and O–H groups in total. The summed E-state index contributed by atoms with van der Waals surface area (Å²) in [4.78, 5) is 15.2. The highest BCUT2D eigenvalue weighted by atomic mass is 79.9. The van der Waals surface area contributed by atoms with Gasteiger partial charge >= 0.3 is 5.97 Å². The number of anilines is 1.